The first-order valence-corrected chi connectivity index (χ1v) is 6.81. The third-order valence-electron chi connectivity index (χ3n) is 3.97. The van der Waals surface area contributed by atoms with Crippen LogP contribution in [-0.2, 0) is 6.54 Å². The van der Waals surface area contributed by atoms with E-state index in [9.17, 15) is 4.79 Å². The Kier molecular flexibility index (Phi) is 3.97. The van der Waals surface area contributed by atoms with Crippen LogP contribution in [0.15, 0.2) is 12.4 Å². The Balaban J connectivity index is 2.03. The van der Waals surface area contributed by atoms with Crippen LogP contribution < -0.4 is 0 Å². The van der Waals surface area contributed by atoms with Gasteiger partial charge in [0.2, 0.25) is 0 Å². The number of hydrogen-bond donors (Lipinski definition) is 0. The van der Waals surface area contributed by atoms with Crippen LogP contribution in [-0.4, -0.2) is 15.6 Å². The van der Waals surface area contributed by atoms with Crippen LogP contribution in [0.1, 0.15) is 56.3 Å². The number of ketones is 1. The van der Waals surface area contributed by atoms with Gasteiger partial charge in [-0.25, -0.2) is 0 Å². The monoisotopic (exact) mass is 234 g/mol. The zero-order chi connectivity index (χ0) is 12.3. The molecule has 1 heterocycles. The molecule has 0 saturated heterocycles. The molecule has 0 aromatic carbocycles. The SMILES string of the molecule is CCC1CCCC(C(=O)c2cnn(CC)c2)C1. The molecule has 1 saturated carbocycles. The van der Waals surface area contributed by atoms with Gasteiger partial charge in [0, 0.05) is 18.7 Å². The van der Waals surface area contributed by atoms with E-state index < -0.39 is 0 Å². The van der Waals surface area contributed by atoms with Gasteiger partial charge < -0.3 is 0 Å². The average Bonchev–Trinajstić information content (AvgIpc) is 2.86. The van der Waals surface area contributed by atoms with Crippen LogP contribution in [0.4, 0.5) is 0 Å². The Hall–Kier alpha value is -1.12. The van der Waals surface area contributed by atoms with E-state index in [-0.39, 0.29) is 5.92 Å². The normalized spacial score (nSPS) is 24.8. The molecule has 1 aromatic heterocycles. The highest BCUT2D eigenvalue weighted by Crippen LogP contribution is 2.32. The van der Waals surface area contributed by atoms with E-state index >= 15 is 0 Å². The van der Waals surface area contributed by atoms with Gasteiger partial charge in [0.1, 0.15) is 0 Å². The summed E-state index contributed by atoms with van der Waals surface area (Å²) < 4.78 is 1.83. The Morgan fingerprint density at radius 3 is 2.94 bits per heavy atom. The third-order valence-corrected chi connectivity index (χ3v) is 3.97. The van der Waals surface area contributed by atoms with Crippen molar-refractivity contribution in [2.75, 3.05) is 0 Å². The first-order chi connectivity index (χ1) is 8.24. The highest BCUT2D eigenvalue weighted by Gasteiger charge is 2.27. The van der Waals surface area contributed by atoms with Crippen LogP contribution in [0, 0.1) is 11.8 Å². The number of aryl methyl sites for hydroxylation is 1. The summed E-state index contributed by atoms with van der Waals surface area (Å²) in [5.41, 5.74) is 0.800. The third kappa shape index (κ3) is 2.76. The summed E-state index contributed by atoms with van der Waals surface area (Å²) in [5.74, 6) is 1.30. The van der Waals surface area contributed by atoms with E-state index in [0.717, 1.165) is 30.9 Å². The number of hydrogen-bond acceptors (Lipinski definition) is 2. The van der Waals surface area contributed by atoms with Gasteiger partial charge in [-0.3, -0.25) is 9.48 Å². The van der Waals surface area contributed by atoms with Gasteiger partial charge >= 0.3 is 0 Å². The zero-order valence-corrected chi connectivity index (χ0v) is 10.9. The molecule has 17 heavy (non-hydrogen) atoms. The molecule has 1 fully saturated rings. The molecule has 2 atom stereocenters. The second kappa shape index (κ2) is 5.48. The lowest BCUT2D eigenvalue weighted by atomic mass is 9.77. The Labute approximate surface area is 103 Å². The molecule has 1 aliphatic rings. The zero-order valence-electron chi connectivity index (χ0n) is 10.9. The fraction of sp³-hybridized carbons (Fsp3) is 0.714. The summed E-state index contributed by atoms with van der Waals surface area (Å²) in [4.78, 5) is 12.3. The van der Waals surface area contributed by atoms with Crippen molar-refractivity contribution in [3.8, 4) is 0 Å². The van der Waals surface area contributed by atoms with Crippen molar-refractivity contribution in [2.24, 2.45) is 11.8 Å². The second-order valence-electron chi connectivity index (χ2n) is 5.09. The van der Waals surface area contributed by atoms with E-state index in [2.05, 4.69) is 12.0 Å². The fourth-order valence-electron chi connectivity index (χ4n) is 2.80. The predicted octanol–water partition coefficient (Wildman–Crippen LogP) is 3.30. The lowest BCUT2D eigenvalue weighted by Crippen LogP contribution is -2.22. The minimum Gasteiger partial charge on any atom is -0.294 e. The van der Waals surface area contributed by atoms with Crippen LogP contribution >= 0.6 is 0 Å². The van der Waals surface area contributed by atoms with Crippen molar-refractivity contribution in [1.82, 2.24) is 9.78 Å². The van der Waals surface area contributed by atoms with Gasteiger partial charge in [0.15, 0.2) is 5.78 Å². The average molecular weight is 234 g/mol. The highest BCUT2D eigenvalue weighted by molar-refractivity contribution is 5.97. The lowest BCUT2D eigenvalue weighted by molar-refractivity contribution is 0.0862. The van der Waals surface area contributed by atoms with Crippen LogP contribution in [0.5, 0.6) is 0 Å². The molecule has 0 radical (unpaired) electrons. The molecular formula is C14H22N2O. The molecule has 0 bridgehead atoms. The first-order valence-electron chi connectivity index (χ1n) is 6.81. The summed E-state index contributed by atoms with van der Waals surface area (Å²) in [6.07, 6.45) is 9.46. The Morgan fingerprint density at radius 2 is 2.29 bits per heavy atom. The molecule has 0 amide bonds. The summed E-state index contributed by atoms with van der Waals surface area (Å²) in [6, 6.07) is 0. The van der Waals surface area contributed by atoms with Gasteiger partial charge in [-0.2, -0.15) is 5.10 Å². The summed E-state index contributed by atoms with van der Waals surface area (Å²) >= 11 is 0. The molecule has 3 nitrogen and oxygen atoms in total. The highest BCUT2D eigenvalue weighted by atomic mass is 16.1. The number of carbonyl (C=O) groups excluding carboxylic acids is 1. The molecule has 3 heteroatoms. The van der Waals surface area contributed by atoms with Crippen molar-refractivity contribution in [3.63, 3.8) is 0 Å². The maximum atomic E-state index is 12.3. The molecule has 1 aliphatic carbocycles. The largest absolute Gasteiger partial charge is 0.294 e. The van der Waals surface area contributed by atoms with Gasteiger partial charge in [-0.1, -0.05) is 26.2 Å². The number of Topliss-reactive ketones (excluding diaryl/α,β-unsaturated/α-hetero) is 1. The Morgan fingerprint density at radius 1 is 1.47 bits per heavy atom. The van der Waals surface area contributed by atoms with Gasteiger partial charge in [0.05, 0.1) is 11.8 Å². The lowest BCUT2D eigenvalue weighted by Gasteiger charge is -2.27. The number of rotatable bonds is 4. The van der Waals surface area contributed by atoms with Gasteiger partial charge in [-0.15, -0.1) is 0 Å². The molecule has 0 aliphatic heterocycles. The van der Waals surface area contributed by atoms with Crippen molar-refractivity contribution in [1.29, 1.82) is 0 Å². The van der Waals surface area contributed by atoms with Crippen molar-refractivity contribution >= 4 is 5.78 Å². The fourth-order valence-corrected chi connectivity index (χ4v) is 2.80. The summed E-state index contributed by atoms with van der Waals surface area (Å²) in [5, 5.41) is 4.19. The molecule has 0 spiro atoms. The van der Waals surface area contributed by atoms with Crippen LogP contribution in [0.2, 0.25) is 0 Å². The molecule has 2 unspecified atom stereocenters. The van der Waals surface area contributed by atoms with E-state index in [1.807, 2.05) is 17.8 Å². The molecular weight excluding hydrogens is 212 g/mol. The maximum Gasteiger partial charge on any atom is 0.169 e. The van der Waals surface area contributed by atoms with E-state index in [0.29, 0.717) is 5.78 Å². The molecule has 2 rings (SSSR count). The minimum absolute atomic E-state index is 0.239. The molecule has 94 valence electrons. The minimum atomic E-state index is 0.239. The maximum absolute atomic E-state index is 12.3. The number of nitrogens with zero attached hydrogens (tertiary/aromatic N) is 2. The number of carbonyl (C=O) groups is 1. The smallest absolute Gasteiger partial charge is 0.169 e. The number of aromatic nitrogens is 2. The van der Waals surface area contributed by atoms with Crippen LogP contribution in [0.3, 0.4) is 0 Å². The molecule has 0 N–H and O–H groups in total. The first kappa shape index (κ1) is 12.3. The summed E-state index contributed by atoms with van der Waals surface area (Å²) in [6.45, 7) is 5.09. The van der Waals surface area contributed by atoms with Crippen molar-refractivity contribution < 1.29 is 4.79 Å². The van der Waals surface area contributed by atoms with Gasteiger partial charge in [0.25, 0.3) is 0 Å². The van der Waals surface area contributed by atoms with E-state index in [1.165, 1.54) is 19.3 Å². The predicted molar refractivity (Wildman–Crippen MR) is 68.0 cm³/mol. The standard InChI is InChI=1S/C14H22N2O/c1-3-11-6-5-7-12(8-11)14(17)13-9-15-16(4-2)10-13/h9-12H,3-8H2,1-2H3. The van der Waals surface area contributed by atoms with E-state index in [1.54, 1.807) is 6.20 Å². The molecule has 1 aromatic rings. The quantitative estimate of drug-likeness (QED) is 0.749. The summed E-state index contributed by atoms with van der Waals surface area (Å²) in [7, 11) is 0. The van der Waals surface area contributed by atoms with Crippen LogP contribution in [0.25, 0.3) is 0 Å². The second-order valence-corrected chi connectivity index (χ2v) is 5.09. The van der Waals surface area contributed by atoms with Gasteiger partial charge in [-0.05, 0) is 25.7 Å². The van der Waals surface area contributed by atoms with Crippen molar-refractivity contribution in [3.05, 3.63) is 18.0 Å². The van der Waals surface area contributed by atoms with E-state index in [4.69, 9.17) is 0 Å². The Bertz CT molecular complexity index is 383. The topological polar surface area (TPSA) is 34.9 Å². The van der Waals surface area contributed by atoms with Crippen molar-refractivity contribution in [2.45, 2.75) is 52.5 Å².